The normalized spacial score (nSPS) is 11.9. The van der Waals surface area contributed by atoms with E-state index in [1.54, 1.807) is 6.07 Å². The predicted molar refractivity (Wildman–Crippen MR) is 57.4 cm³/mol. The van der Waals surface area contributed by atoms with E-state index in [4.69, 9.17) is 10.00 Å². The molecule has 1 rings (SSSR count). The molecule has 1 N–H and O–H groups in total. The molecular weight excluding hydrogens is 209 g/mol. The van der Waals surface area contributed by atoms with Crippen LogP contribution in [0.5, 0.6) is 5.75 Å². The number of ether oxygens (including phenoxy) is 1. The monoisotopic (exact) mass is 223 g/mol. The van der Waals surface area contributed by atoms with Crippen LogP contribution in [0.1, 0.15) is 31.4 Å². The van der Waals surface area contributed by atoms with Crippen molar-refractivity contribution < 1.29 is 14.2 Å². The van der Waals surface area contributed by atoms with E-state index in [1.165, 1.54) is 19.1 Å². The summed E-state index contributed by atoms with van der Waals surface area (Å²) >= 11 is 0. The van der Waals surface area contributed by atoms with Crippen LogP contribution in [-0.4, -0.2) is 11.7 Å². The molecule has 0 amide bonds. The molecule has 3 nitrogen and oxygen atoms in total. The van der Waals surface area contributed by atoms with Crippen LogP contribution in [-0.2, 0) is 0 Å². The first-order valence-corrected chi connectivity index (χ1v) is 5.12. The van der Waals surface area contributed by atoms with Gasteiger partial charge in [0.05, 0.1) is 18.8 Å². The smallest absolute Gasteiger partial charge is 0.132 e. The van der Waals surface area contributed by atoms with Crippen LogP contribution in [0.2, 0.25) is 0 Å². The van der Waals surface area contributed by atoms with E-state index in [0.29, 0.717) is 25.2 Å². The number of nitriles is 1. The fourth-order valence-electron chi connectivity index (χ4n) is 1.28. The van der Waals surface area contributed by atoms with Gasteiger partial charge in [-0.25, -0.2) is 4.39 Å². The lowest BCUT2D eigenvalue weighted by atomic mass is 10.1. The molecule has 0 unspecified atom stereocenters. The number of rotatable bonds is 5. The van der Waals surface area contributed by atoms with Gasteiger partial charge in [-0.05, 0) is 25.5 Å². The summed E-state index contributed by atoms with van der Waals surface area (Å²) in [5, 5.41) is 17.5. The van der Waals surface area contributed by atoms with E-state index in [9.17, 15) is 9.50 Å². The van der Waals surface area contributed by atoms with Gasteiger partial charge in [0.2, 0.25) is 0 Å². The molecule has 0 spiro atoms. The molecule has 0 heterocycles. The minimum atomic E-state index is -0.826. The summed E-state index contributed by atoms with van der Waals surface area (Å²) in [6, 6.07) is 6.36. The van der Waals surface area contributed by atoms with Gasteiger partial charge in [0.25, 0.3) is 0 Å². The van der Waals surface area contributed by atoms with Gasteiger partial charge >= 0.3 is 0 Å². The molecule has 0 aliphatic carbocycles. The highest BCUT2D eigenvalue weighted by atomic mass is 19.1. The molecule has 4 heteroatoms. The minimum absolute atomic E-state index is 0.254. The number of aliphatic hydroxyl groups excluding tert-OH is 1. The van der Waals surface area contributed by atoms with Gasteiger partial charge < -0.3 is 9.84 Å². The Balaban J connectivity index is 2.57. The Labute approximate surface area is 94.1 Å². The number of halogens is 1. The first-order chi connectivity index (χ1) is 7.65. The maximum Gasteiger partial charge on any atom is 0.132 e. The highest BCUT2D eigenvalue weighted by Gasteiger charge is 2.08. The molecule has 86 valence electrons. The molecule has 1 aromatic rings. The fourth-order valence-corrected chi connectivity index (χ4v) is 1.28. The van der Waals surface area contributed by atoms with Gasteiger partial charge in [0.15, 0.2) is 0 Å². The van der Waals surface area contributed by atoms with Crippen molar-refractivity contribution >= 4 is 0 Å². The Morgan fingerprint density at radius 3 is 2.88 bits per heavy atom. The highest BCUT2D eigenvalue weighted by molar-refractivity contribution is 5.29. The van der Waals surface area contributed by atoms with E-state index >= 15 is 0 Å². The van der Waals surface area contributed by atoms with Gasteiger partial charge in [-0.15, -0.1) is 0 Å². The Bertz CT molecular complexity index is 385. The Kier molecular flexibility index (Phi) is 4.74. The number of aliphatic hydroxyl groups is 1. The molecule has 16 heavy (non-hydrogen) atoms. The molecule has 1 aromatic carbocycles. The lowest BCUT2D eigenvalue weighted by Gasteiger charge is -2.09. The second-order valence-electron chi connectivity index (χ2n) is 3.47. The second-order valence-corrected chi connectivity index (χ2v) is 3.47. The van der Waals surface area contributed by atoms with Gasteiger partial charge in [0.1, 0.15) is 11.6 Å². The Hall–Kier alpha value is -1.60. The summed E-state index contributed by atoms with van der Waals surface area (Å²) in [7, 11) is 0. The molecule has 0 radical (unpaired) electrons. The molecule has 0 aromatic heterocycles. The van der Waals surface area contributed by atoms with Crippen molar-refractivity contribution in [3.63, 3.8) is 0 Å². The molecule has 0 aliphatic rings. The summed E-state index contributed by atoms with van der Waals surface area (Å²) in [6.07, 6.45) is 0.220. The summed E-state index contributed by atoms with van der Waals surface area (Å²) in [6.45, 7) is 1.90. The SMILES string of the molecule is C[C@@H](O)c1ccc(OCCCC#N)cc1F. The third-order valence-electron chi connectivity index (χ3n) is 2.12. The van der Waals surface area contributed by atoms with Crippen LogP contribution in [0.4, 0.5) is 4.39 Å². The number of benzene rings is 1. The zero-order chi connectivity index (χ0) is 12.0. The molecular formula is C12H14FNO2. The number of hydrogen-bond donors (Lipinski definition) is 1. The van der Waals surface area contributed by atoms with Crippen molar-refractivity contribution in [3.05, 3.63) is 29.6 Å². The van der Waals surface area contributed by atoms with E-state index in [1.807, 2.05) is 6.07 Å². The third kappa shape index (κ3) is 3.52. The average molecular weight is 223 g/mol. The van der Waals surface area contributed by atoms with Crippen molar-refractivity contribution in [1.29, 1.82) is 5.26 Å². The quantitative estimate of drug-likeness (QED) is 0.780. The lowest BCUT2D eigenvalue weighted by molar-refractivity contribution is 0.194. The maximum atomic E-state index is 13.4. The van der Waals surface area contributed by atoms with Crippen LogP contribution < -0.4 is 4.74 Å². The van der Waals surface area contributed by atoms with Crippen LogP contribution in [0.15, 0.2) is 18.2 Å². The van der Waals surface area contributed by atoms with Gasteiger partial charge in [-0.1, -0.05) is 0 Å². The fraction of sp³-hybridized carbons (Fsp3) is 0.417. The largest absolute Gasteiger partial charge is 0.493 e. The second kappa shape index (κ2) is 6.09. The van der Waals surface area contributed by atoms with Gasteiger partial charge in [0, 0.05) is 18.1 Å². The van der Waals surface area contributed by atoms with Crippen molar-refractivity contribution in [1.82, 2.24) is 0 Å². The van der Waals surface area contributed by atoms with Crippen LogP contribution in [0, 0.1) is 17.1 Å². The molecule has 1 atom stereocenters. The first-order valence-electron chi connectivity index (χ1n) is 5.12. The van der Waals surface area contributed by atoms with Crippen molar-refractivity contribution in [2.24, 2.45) is 0 Å². The molecule has 0 saturated carbocycles. The molecule has 0 bridgehead atoms. The summed E-state index contributed by atoms with van der Waals surface area (Å²) in [5.41, 5.74) is 0.254. The summed E-state index contributed by atoms with van der Waals surface area (Å²) in [4.78, 5) is 0. The van der Waals surface area contributed by atoms with E-state index in [0.717, 1.165) is 0 Å². The summed E-state index contributed by atoms with van der Waals surface area (Å²) < 4.78 is 18.6. The van der Waals surface area contributed by atoms with Crippen molar-refractivity contribution in [2.45, 2.75) is 25.9 Å². The highest BCUT2D eigenvalue weighted by Crippen LogP contribution is 2.21. The van der Waals surface area contributed by atoms with Crippen molar-refractivity contribution in [3.8, 4) is 11.8 Å². The minimum Gasteiger partial charge on any atom is -0.493 e. The predicted octanol–water partition coefficient (Wildman–Crippen LogP) is 2.56. The Morgan fingerprint density at radius 2 is 2.31 bits per heavy atom. The van der Waals surface area contributed by atoms with Gasteiger partial charge in [-0.3, -0.25) is 0 Å². The zero-order valence-electron chi connectivity index (χ0n) is 9.11. The molecule has 0 saturated heterocycles. The summed E-state index contributed by atoms with van der Waals surface area (Å²) in [5.74, 6) is -0.0624. The third-order valence-corrected chi connectivity index (χ3v) is 2.12. The zero-order valence-corrected chi connectivity index (χ0v) is 9.11. The topological polar surface area (TPSA) is 53.2 Å². The number of hydrogen-bond acceptors (Lipinski definition) is 3. The van der Waals surface area contributed by atoms with E-state index in [-0.39, 0.29) is 5.56 Å². The van der Waals surface area contributed by atoms with Crippen LogP contribution in [0.25, 0.3) is 0 Å². The first kappa shape index (κ1) is 12.5. The number of nitrogens with zero attached hydrogens (tertiary/aromatic N) is 1. The van der Waals surface area contributed by atoms with E-state index in [2.05, 4.69) is 0 Å². The van der Waals surface area contributed by atoms with Crippen LogP contribution in [0.3, 0.4) is 0 Å². The van der Waals surface area contributed by atoms with Crippen LogP contribution >= 0.6 is 0 Å². The van der Waals surface area contributed by atoms with E-state index < -0.39 is 11.9 Å². The maximum absolute atomic E-state index is 13.4. The number of unbranched alkanes of at least 4 members (excludes halogenated alkanes) is 1. The standard InChI is InChI=1S/C12H14FNO2/c1-9(15)11-5-4-10(8-12(11)13)16-7-3-2-6-14/h4-5,8-9,15H,2-3,7H2,1H3/t9-/m1/s1. The van der Waals surface area contributed by atoms with Gasteiger partial charge in [-0.2, -0.15) is 5.26 Å². The van der Waals surface area contributed by atoms with Crippen molar-refractivity contribution in [2.75, 3.05) is 6.61 Å². The lowest BCUT2D eigenvalue weighted by Crippen LogP contribution is -2.00. The Morgan fingerprint density at radius 1 is 1.56 bits per heavy atom. The molecule has 0 fully saturated rings. The molecule has 0 aliphatic heterocycles. The average Bonchev–Trinajstić information content (AvgIpc) is 2.24.